The number of rotatable bonds is 5. The van der Waals surface area contributed by atoms with Crippen LogP contribution in [0, 0.1) is 0 Å². The van der Waals surface area contributed by atoms with Crippen molar-refractivity contribution >= 4 is 22.6 Å². The number of aromatic nitrogens is 5. The van der Waals surface area contributed by atoms with Crippen LogP contribution in [-0.4, -0.2) is 38.2 Å². The molecule has 2 heterocycles. The summed E-state index contributed by atoms with van der Waals surface area (Å²) in [5.74, 6) is 1.12. The number of anilines is 1. The lowest BCUT2D eigenvalue weighted by Crippen LogP contribution is -2.05. The van der Waals surface area contributed by atoms with Crippen LogP contribution in [0.3, 0.4) is 0 Å². The molecule has 0 fully saturated rings. The first-order valence-electron chi connectivity index (χ1n) is 9.11. The summed E-state index contributed by atoms with van der Waals surface area (Å²) in [4.78, 5) is 15.8. The second-order valence-electron chi connectivity index (χ2n) is 6.85. The molecule has 0 atom stereocenters. The molecule has 148 valence electrons. The molecule has 0 radical (unpaired) electrons. The molecular weight excluding hydrogens is 372 g/mol. The Kier molecular flexibility index (Phi) is 4.71. The molecule has 1 N–H and O–H groups in total. The van der Waals surface area contributed by atoms with E-state index in [9.17, 15) is 4.79 Å². The summed E-state index contributed by atoms with van der Waals surface area (Å²) >= 11 is 0. The number of methoxy groups -OCH3 is 1. The SMILES string of the molecule is COc1cc(NC(C)=O)ccc1-c1noc(-c2ccc3c(c2)nnn3C(C)C)n1. The van der Waals surface area contributed by atoms with Crippen molar-refractivity contribution in [2.75, 3.05) is 12.4 Å². The summed E-state index contributed by atoms with van der Waals surface area (Å²) in [7, 11) is 1.54. The Morgan fingerprint density at radius 2 is 2.03 bits per heavy atom. The van der Waals surface area contributed by atoms with Crippen molar-refractivity contribution in [3.05, 3.63) is 36.4 Å². The molecule has 0 bridgehead atoms. The highest BCUT2D eigenvalue weighted by atomic mass is 16.5. The van der Waals surface area contributed by atoms with Gasteiger partial charge in [0.2, 0.25) is 11.7 Å². The van der Waals surface area contributed by atoms with Gasteiger partial charge in [0.25, 0.3) is 5.89 Å². The summed E-state index contributed by atoms with van der Waals surface area (Å²) in [6, 6.07) is 11.2. The maximum atomic E-state index is 11.3. The topological polar surface area (TPSA) is 108 Å². The molecule has 0 aliphatic carbocycles. The third kappa shape index (κ3) is 3.54. The van der Waals surface area contributed by atoms with Gasteiger partial charge >= 0.3 is 0 Å². The summed E-state index contributed by atoms with van der Waals surface area (Å²) < 4.78 is 12.7. The summed E-state index contributed by atoms with van der Waals surface area (Å²) in [5, 5.41) is 15.2. The fourth-order valence-electron chi connectivity index (χ4n) is 3.06. The van der Waals surface area contributed by atoms with Gasteiger partial charge in [0.1, 0.15) is 11.3 Å². The van der Waals surface area contributed by atoms with Crippen LogP contribution in [0.2, 0.25) is 0 Å². The standard InChI is InChI=1S/C20H20N6O3/c1-11(2)26-17-8-5-13(9-16(17)23-25-26)20-22-19(24-29-20)15-7-6-14(21-12(3)27)10-18(15)28-4/h5-11H,1-4H3,(H,21,27). The van der Waals surface area contributed by atoms with Crippen molar-refractivity contribution in [1.29, 1.82) is 0 Å². The van der Waals surface area contributed by atoms with E-state index in [-0.39, 0.29) is 11.9 Å². The van der Waals surface area contributed by atoms with E-state index in [1.165, 1.54) is 6.92 Å². The molecule has 0 saturated carbocycles. The Labute approximate surface area is 166 Å². The van der Waals surface area contributed by atoms with E-state index in [1.807, 2.05) is 22.9 Å². The number of hydrogen-bond donors (Lipinski definition) is 1. The largest absolute Gasteiger partial charge is 0.496 e. The predicted octanol–water partition coefficient (Wildman–Crippen LogP) is 3.70. The van der Waals surface area contributed by atoms with Gasteiger partial charge in [0.15, 0.2) is 0 Å². The van der Waals surface area contributed by atoms with Gasteiger partial charge < -0.3 is 14.6 Å². The predicted molar refractivity (Wildman–Crippen MR) is 107 cm³/mol. The summed E-state index contributed by atoms with van der Waals surface area (Å²) in [5.41, 5.74) is 3.73. The fraction of sp³-hybridized carbons (Fsp3) is 0.250. The maximum absolute atomic E-state index is 11.3. The number of hydrogen-bond acceptors (Lipinski definition) is 7. The number of nitrogens with zero attached hydrogens (tertiary/aromatic N) is 5. The number of nitrogens with one attached hydrogen (secondary N) is 1. The second kappa shape index (κ2) is 7.34. The average Bonchev–Trinajstić information content (AvgIpc) is 3.34. The van der Waals surface area contributed by atoms with Crippen LogP contribution >= 0.6 is 0 Å². The van der Waals surface area contributed by atoms with Crippen LogP contribution in [0.5, 0.6) is 5.75 Å². The molecule has 9 heteroatoms. The molecule has 2 aromatic heterocycles. The highest BCUT2D eigenvalue weighted by Crippen LogP contribution is 2.32. The summed E-state index contributed by atoms with van der Waals surface area (Å²) in [6.45, 7) is 5.55. The lowest BCUT2D eigenvalue weighted by molar-refractivity contribution is -0.114. The number of carbonyl (C=O) groups excluding carboxylic acids is 1. The molecule has 1 amide bonds. The van der Waals surface area contributed by atoms with Gasteiger partial charge in [-0.1, -0.05) is 10.4 Å². The molecule has 0 unspecified atom stereocenters. The number of carbonyl (C=O) groups is 1. The molecule has 0 aliphatic rings. The van der Waals surface area contributed by atoms with Crippen molar-refractivity contribution in [3.8, 4) is 28.6 Å². The molecular formula is C20H20N6O3. The van der Waals surface area contributed by atoms with E-state index in [0.717, 1.165) is 16.6 Å². The van der Waals surface area contributed by atoms with E-state index in [0.29, 0.717) is 28.7 Å². The van der Waals surface area contributed by atoms with Gasteiger partial charge in [-0.3, -0.25) is 4.79 Å². The van der Waals surface area contributed by atoms with Crippen molar-refractivity contribution in [2.45, 2.75) is 26.8 Å². The molecule has 0 saturated heterocycles. The van der Waals surface area contributed by atoms with E-state index in [1.54, 1.807) is 25.3 Å². The first-order chi connectivity index (χ1) is 14.0. The molecule has 9 nitrogen and oxygen atoms in total. The quantitative estimate of drug-likeness (QED) is 0.552. The molecule has 0 aliphatic heterocycles. The first-order valence-corrected chi connectivity index (χ1v) is 9.11. The highest BCUT2D eigenvalue weighted by molar-refractivity contribution is 5.89. The number of amides is 1. The van der Waals surface area contributed by atoms with Crippen molar-refractivity contribution in [3.63, 3.8) is 0 Å². The van der Waals surface area contributed by atoms with Crippen LogP contribution in [-0.2, 0) is 4.79 Å². The number of fused-ring (bicyclic) bond motifs is 1. The molecule has 2 aromatic carbocycles. The minimum Gasteiger partial charge on any atom is -0.496 e. The van der Waals surface area contributed by atoms with Gasteiger partial charge in [-0.05, 0) is 44.2 Å². The Morgan fingerprint density at radius 3 is 2.76 bits per heavy atom. The van der Waals surface area contributed by atoms with Gasteiger partial charge in [0.05, 0.1) is 18.2 Å². The normalized spacial score (nSPS) is 11.2. The monoisotopic (exact) mass is 392 g/mol. The second-order valence-corrected chi connectivity index (χ2v) is 6.85. The van der Waals surface area contributed by atoms with Gasteiger partial charge in [-0.15, -0.1) is 5.10 Å². The lowest BCUT2D eigenvalue weighted by atomic mass is 10.1. The van der Waals surface area contributed by atoms with Crippen LogP contribution in [0.1, 0.15) is 26.8 Å². The zero-order valence-corrected chi connectivity index (χ0v) is 16.5. The lowest BCUT2D eigenvalue weighted by Gasteiger charge is -2.08. The Bertz CT molecular complexity index is 1190. The molecule has 0 spiro atoms. The van der Waals surface area contributed by atoms with E-state index in [4.69, 9.17) is 9.26 Å². The van der Waals surface area contributed by atoms with Crippen molar-refractivity contribution < 1.29 is 14.1 Å². The molecule has 4 aromatic rings. The van der Waals surface area contributed by atoms with Gasteiger partial charge in [0, 0.05) is 30.3 Å². The zero-order valence-electron chi connectivity index (χ0n) is 16.5. The highest BCUT2D eigenvalue weighted by Gasteiger charge is 2.17. The number of benzene rings is 2. The van der Waals surface area contributed by atoms with Crippen molar-refractivity contribution in [1.82, 2.24) is 25.1 Å². The Morgan fingerprint density at radius 1 is 1.21 bits per heavy atom. The summed E-state index contributed by atoms with van der Waals surface area (Å²) in [6.07, 6.45) is 0. The third-order valence-electron chi connectivity index (χ3n) is 4.40. The van der Waals surface area contributed by atoms with E-state index in [2.05, 4.69) is 39.6 Å². The molecule has 4 rings (SSSR count). The minimum atomic E-state index is -0.161. The Hall–Kier alpha value is -3.75. The smallest absolute Gasteiger partial charge is 0.258 e. The van der Waals surface area contributed by atoms with Gasteiger partial charge in [-0.25, -0.2) is 4.68 Å². The average molecular weight is 392 g/mol. The van der Waals surface area contributed by atoms with E-state index >= 15 is 0 Å². The zero-order chi connectivity index (χ0) is 20.5. The fourth-order valence-corrected chi connectivity index (χ4v) is 3.06. The van der Waals surface area contributed by atoms with Crippen LogP contribution < -0.4 is 10.1 Å². The van der Waals surface area contributed by atoms with Crippen LogP contribution in [0.25, 0.3) is 33.9 Å². The van der Waals surface area contributed by atoms with Gasteiger partial charge in [-0.2, -0.15) is 4.98 Å². The number of ether oxygens (including phenoxy) is 1. The molecule has 29 heavy (non-hydrogen) atoms. The van der Waals surface area contributed by atoms with E-state index < -0.39 is 0 Å². The van der Waals surface area contributed by atoms with Crippen LogP contribution in [0.4, 0.5) is 5.69 Å². The first kappa shape index (κ1) is 18.6. The third-order valence-corrected chi connectivity index (χ3v) is 4.40. The maximum Gasteiger partial charge on any atom is 0.258 e. The minimum absolute atomic E-state index is 0.161. The Balaban J connectivity index is 1.68. The van der Waals surface area contributed by atoms with Crippen LogP contribution in [0.15, 0.2) is 40.9 Å². The van der Waals surface area contributed by atoms with Crippen molar-refractivity contribution in [2.24, 2.45) is 0 Å².